The van der Waals surface area contributed by atoms with Gasteiger partial charge in [-0.2, -0.15) is 0 Å². The topological polar surface area (TPSA) is 93.5 Å². The molecule has 0 bridgehead atoms. The summed E-state index contributed by atoms with van der Waals surface area (Å²) in [5.41, 5.74) is 4.71. The molecule has 6 nitrogen and oxygen atoms in total. The van der Waals surface area contributed by atoms with Crippen LogP contribution in [-0.4, -0.2) is 36.7 Å². The van der Waals surface area contributed by atoms with Gasteiger partial charge in [0.1, 0.15) is 17.2 Å². The van der Waals surface area contributed by atoms with Crippen molar-refractivity contribution in [2.75, 3.05) is 13.1 Å². The van der Waals surface area contributed by atoms with Gasteiger partial charge >= 0.3 is 6.09 Å². The number of ether oxygens (including phenoxy) is 1. The maximum Gasteiger partial charge on any atom is 0.407 e. The molecular formula is C20H31F2N3O3. The van der Waals surface area contributed by atoms with Crippen LogP contribution in [0.4, 0.5) is 13.6 Å². The van der Waals surface area contributed by atoms with E-state index in [9.17, 15) is 18.4 Å². The van der Waals surface area contributed by atoms with Crippen LogP contribution in [0.1, 0.15) is 46.6 Å². The number of carbonyl (C=O) groups excluding carboxylic acids is 2. The Balaban J connectivity index is 2.86. The average molecular weight is 399 g/mol. The van der Waals surface area contributed by atoms with Gasteiger partial charge in [-0.1, -0.05) is 13.8 Å². The molecular weight excluding hydrogens is 368 g/mol. The Hall–Kier alpha value is -2.22. The molecule has 2 amide bonds. The zero-order valence-electron chi connectivity index (χ0n) is 17.2. The molecule has 0 aromatic heterocycles. The van der Waals surface area contributed by atoms with Crippen LogP contribution in [-0.2, 0) is 16.0 Å². The van der Waals surface area contributed by atoms with Crippen molar-refractivity contribution in [3.63, 3.8) is 0 Å². The summed E-state index contributed by atoms with van der Waals surface area (Å²) < 4.78 is 32.7. The van der Waals surface area contributed by atoms with E-state index in [1.807, 2.05) is 13.8 Å². The van der Waals surface area contributed by atoms with Crippen LogP contribution < -0.4 is 16.4 Å². The van der Waals surface area contributed by atoms with E-state index in [-0.39, 0.29) is 29.7 Å². The van der Waals surface area contributed by atoms with Crippen molar-refractivity contribution in [3.05, 3.63) is 35.4 Å². The minimum absolute atomic E-state index is 0.0590. The van der Waals surface area contributed by atoms with Crippen LogP contribution in [0.3, 0.4) is 0 Å². The largest absolute Gasteiger partial charge is 0.444 e. The zero-order valence-corrected chi connectivity index (χ0v) is 17.2. The Bertz CT molecular complexity index is 688. The van der Waals surface area contributed by atoms with Crippen molar-refractivity contribution in [2.45, 2.75) is 59.1 Å². The lowest BCUT2D eigenvalue weighted by atomic mass is 9.93. The Morgan fingerprint density at radius 3 is 2.39 bits per heavy atom. The molecule has 4 N–H and O–H groups in total. The minimum atomic E-state index is -0.771. The van der Waals surface area contributed by atoms with Crippen molar-refractivity contribution in [2.24, 2.45) is 11.1 Å². The molecule has 1 atom stereocenters. The predicted molar refractivity (Wildman–Crippen MR) is 104 cm³/mol. The van der Waals surface area contributed by atoms with Gasteiger partial charge in [-0.15, -0.1) is 0 Å². The third kappa shape index (κ3) is 9.12. The van der Waals surface area contributed by atoms with E-state index in [1.54, 1.807) is 20.8 Å². The second-order valence-electron chi connectivity index (χ2n) is 8.63. The van der Waals surface area contributed by atoms with Crippen LogP contribution in [0.2, 0.25) is 0 Å². The van der Waals surface area contributed by atoms with Gasteiger partial charge in [0, 0.05) is 19.0 Å². The number of nitrogens with one attached hydrogen (secondary N) is 2. The van der Waals surface area contributed by atoms with Gasteiger partial charge in [0.05, 0.1) is 0 Å². The Morgan fingerprint density at radius 2 is 1.82 bits per heavy atom. The van der Waals surface area contributed by atoms with Crippen LogP contribution in [0, 0.1) is 17.0 Å². The number of alkyl carbamates (subject to hydrolysis) is 1. The van der Waals surface area contributed by atoms with E-state index in [1.165, 1.54) is 0 Å². The molecule has 0 fully saturated rings. The molecule has 8 heteroatoms. The first kappa shape index (κ1) is 23.8. The first-order valence-corrected chi connectivity index (χ1v) is 9.21. The lowest BCUT2D eigenvalue weighted by Gasteiger charge is -2.25. The molecule has 0 aliphatic rings. The third-order valence-electron chi connectivity index (χ3n) is 3.94. The molecule has 1 aromatic carbocycles. The number of benzene rings is 1. The Labute approximate surface area is 165 Å². The first-order valence-electron chi connectivity index (χ1n) is 9.21. The summed E-state index contributed by atoms with van der Waals surface area (Å²) in [5.74, 6) is -1.54. The zero-order chi connectivity index (χ0) is 21.5. The van der Waals surface area contributed by atoms with Crippen molar-refractivity contribution >= 4 is 12.0 Å². The summed E-state index contributed by atoms with van der Waals surface area (Å²) in [7, 11) is 0. The Kier molecular flexibility index (Phi) is 8.35. The quantitative estimate of drug-likeness (QED) is 0.627. The summed E-state index contributed by atoms with van der Waals surface area (Å²) >= 11 is 0. The SMILES string of the molecule is CC(C)(CN)CNC(=O)CC(Cc1cc(F)ccc1F)NC(=O)OC(C)(C)C. The fourth-order valence-corrected chi connectivity index (χ4v) is 2.32. The highest BCUT2D eigenvalue weighted by molar-refractivity contribution is 5.77. The summed E-state index contributed by atoms with van der Waals surface area (Å²) in [5, 5.41) is 5.33. The van der Waals surface area contributed by atoms with Gasteiger partial charge in [0.15, 0.2) is 0 Å². The average Bonchev–Trinajstić information content (AvgIpc) is 2.54. The highest BCUT2D eigenvalue weighted by atomic mass is 19.1. The summed E-state index contributed by atoms with van der Waals surface area (Å²) in [6.45, 7) is 9.68. The Morgan fingerprint density at radius 1 is 1.18 bits per heavy atom. The van der Waals surface area contributed by atoms with Crippen molar-refractivity contribution in [3.8, 4) is 0 Å². The fraction of sp³-hybridized carbons (Fsp3) is 0.600. The normalized spacial score (nSPS) is 13.0. The molecule has 0 saturated heterocycles. The third-order valence-corrected chi connectivity index (χ3v) is 3.94. The number of amides is 2. The maximum absolute atomic E-state index is 14.0. The minimum Gasteiger partial charge on any atom is -0.444 e. The van der Waals surface area contributed by atoms with Crippen molar-refractivity contribution < 1.29 is 23.1 Å². The first-order chi connectivity index (χ1) is 12.8. The van der Waals surface area contributed by atoms with Gasteiger partial charge in [-0.25, -0.2) is 13.6 Å². The van der Waals surface area contributed by atoms with Gasteiger partial charge < -0.3 is 21.1 Å². The number of carbonyl (C=O) groups is 2. The molecule has 1 rings (SSSR count). The van der Waals surface area contributed by atoms with Crippen LogP contribution >= 0.6 is 0 Å². The summed E-state index contributed by atoms with van der Waals surface area (Å²) in [6, 6.07) is 2.30. The van der Waals surface area contributed by atoms with Crippen LogP contribution in [0.15, 0.2) is 18.2 Å². The van der Waals surface area contributed by atoms with Crippen LogP contribution in [0.25, 0.3) is 0 Å². The molecule has 0 saturated carbocycles. The van der Waals surface area contributed by atoms with Crippen molar-refractivity contribution in [1.29, 1.82) is 0 Å². The summed E-state index contributed by atoms with van der Waals surface area (Å²) in [4.78, 5) is 24.4. The van der Waals surface area contributed by atoms with E-state index < -0.39 is 29.4 Å². The maximum atomic E-state index is 14.0. The predicted octanol–water partition coefficient (Wildman–Crippen LogP) is 2.89. The lowest BCUT2D eigenvalue weighted by Crippen LogP contribution is -2.45. The van der Waals surface area contributed by atoms with Gasteiger partial charge in [-0.05, 0) is 62.9 Å². The van der Waals surface area contributed by atoms with Gasteiger partial charge in [-0.3, -0.25) is 4.79 Å². The fourth-order valence-electron chi connectivity index (χ4n) is 2.32. The standard InChI is InChI=1S/C20H31F2N3O3/c1-19(2,3)28-18(27)25-15(9-13-8-14(21)6-7-16(13)22)10-17(26)24-12-20(4,5)11-23/h6-8,15H,9-12,23H2,1-5H3,(H,24,26)(H,25,27). The molecule has 0 aliphatic heterocycles. The number of halogens is 2. The molecule has 158 valence electrons. The van der Waals surface area contributed by atoms with Crippen molar-refractivity contribution in [1.82, 2.24) is 10.6 Å². The van der Waals surface area contributed by atoms with Gasteiger partial charge in [0.2, 0.25) is 5.91 Å². The smallest absolute Gasteiger partial charge is 0.407 e. The molecule has 0 heterocycles. The number of rotatable bonds is 8. The lowest BCUT2D eigenvalue weighted by molar-refractivity contribution is -0.121. The monoisotopic (exact) mass is 399 g/mol. The van der Waals surface area contributed by atoms with E-state index in [2.05, 4.69) is 10.6 Å². The van der Waals surface area contributed by atoms with Crippen LogP contribution in [0.5, 0.6) is 0 Å². The second-order valence-corrected chi connectivity index (χ2v) is 8.63. The van der Waals surface area contributed by atoms with E-state index in [0.717, 1.165) is 18.2 Å². The molecule has 28 heavy (non-hydrogen) atoms. The summed E-state index contributed by atoms with van der Waals surface area (Å²) in [6.07, 6.45) is -0.906. The van der Waals surface area contributed by atoms with E-state index in [0.29, 0.717) is 13.1 Å². The van der Waals surface area contributed by atoms with Gasteiger partial charge in [0.25, 0.3) is 0 Å². The highest BCUT2D eigenvalue weighted by Crippen LogP contribution is 2.15. The molecule has 1 unspecified atom stereocenters. The number of nitrogens with two attached hydrogens (primary N) is 1. The molecule has 1 aromatic rings. The molecule has 0 spiro atoms. The van der Waals surface area contributed by atoms with E-state index >= 15 is 0 Å². The number of hydrogen-bond donors (Lipinski definition) is 3. The second kappa shape index (κ2) is 9.82. The van der Waals surface area contributed by atoms with E-state index in [4.69, 9.17) is 10.5 Å². The highest BCUT2D eigenvalue weighted by Gasteiger charge is 2.24. The number of hydrogen-bond acceptors (Lipinski definition) is 4. The molecule has 0 radical (unpaired) electrons. The molecule has 0 aliphatic carbocycles.